The number of aliphatic hydroxyl groups is 2. The fourth-order valence-electron chi connectivity index (χ4n) is 3.85. The molecule has 29 heavy (non-hydrogen) atoms. The zero-order valence-corrected chi connectivity index (χ0v) is 17.8. The van der Waals surface area contributed by atoms with Gasteiger partial charge in [0.1, 0.15) is 5.75 Å². The Morgan fingerprint density at radius 1 is 1.28 bits per heavy atom. The molecule has 0 bridgehead atoms. The van der Waals surface area contributed by atoms with E-state index < -0.39 is 18.2 Å². The van der Waals surface area contributed by atoms with E-state index in [0.29, 0.717) is 25.2 Å². The van der Waals surface area contributed by atoms with Crippen molar-refractivity contribution < 1.29 is 24.9 Å². The van der Waals surface area contributed by atoms with E-state index in [1.807, 2.05) is 43.3 Å². The number of hydrogen-bond acceptors (Lipinski definition) is 4. The molecule has 162 valence electrons. The molecule has 1 unspecified atom stereocenters. The summed E-state index contributed by atoms with van der Waals surface area (Å²) in [5.74, 6) is 0.00783. The lowest BCUT2D eigenvalue weighted by molar-refractivity contribution is -0.137. The van der Waals surface area contributed by atoms with E-state index in [4.69, 9.17) is 21.4 Å². The molecule has 6 heteroatoms. The van der Waals surface area contributed by atoms with E-state index >= 15 is 0 Å². The number of rotatable bonds is 12. The Morgan fingerprint density at radius 2 is 2.00 bits per heavy atom. The normalized spacial score (nSPS) is 25.4. The van der Waals surface area contributed by atoms with Crippen molar-refractivity contribution in [2.24, 2.45) is 11.8 Å². The molecule has 1 aromatic rings. The second-order valence-corrected chi connectivity index (χ2v) is 8.38. The quantitative estimate of drug-likeness (QED) is 0.257. The standard InChI is InChI=1S/C23H33ClO5/c1-2-7-21(25)16-10-12-17(13-11-16)29-15-19-18(20(24)14-22(19)26)8-5-3-4-6-9-23(27)28/h3,5,10-13,18-22,25-26H,2,4,6-9,14-15H2,1H3,(H,27,28)/t18-,19-,20-,21?,22-/m1/s1. The fraction of sp³-hybridized carbons (Fsp3) is 0.609. The van der Waals surface area contributed by atoms with Crippen LogP contribution < -0.4 is 4.74 Å². The maximum absolute atomic E-state index is 10.5. The average molecular weight is 425 g/mol. The number of aliphatic hydroxyl groups excluding tert-OH is 2. The summed E-state index contributed by atoms with van der Waals surface area (Å²) in [4.78, 5) is 10.5. The molecule has 2 rings (SSSR count). The van der Waals surface area contributed by atoms with Crippen molar-refractivity contribution in [2.75, 3.05) is 6.61 Å². The summed E-state index contributed by atoms with van der Waals surface area (Å²) in [6, 6.07) is 7.46. The van der Waals surface area contributed by atoms with Crippen LogP contribution in [-0.4, -0.2) is 39.4 Å². The Morgan fingerprint density at radius 3 is 2.66 bits per heavy atom. The van der Waals surface area contributed by atoms with Crippen LogP contribution in [0.5, 0.6) is 5.75 Å². The second kappa shape index (κ2) is 12.2. The summed E-state index contributed by atoms with van der Waals surface area (Å²) in [7, 11) is 0. The maximum atomic E-state index is 10.5. The first-order chi connectivity index (χ1) is 13.9. The molecule has 3 N–H and O–H groups in total. The van der Waals surface area contributed by atoms with E-state index in [1.54, 1.807) is 0 Å². The molecule has 0 saturated heterocycles. The van der Waals surface area contributed by atoms with Crippen LogP contribution in [-0.2, 0) is 4.79 Å². The molecular weight excluding hydrogens is 392 g/mol. The van der Waals surface area contributed by atoms with Gasteiger partial charge in [-0.25, -0.2) is 0 Å². The molecule has 5 nitrogen and oxygen atoms in total. The summed E-state index contributed by atoms with van der Waals surface area (Å²) in [5, 5.41) is 29.0. The average Bonchev–Trinajstić information content (AvgIpc) is 2.95. The van der Waals surface area contributed by atoms with E-state index in [2.05, 4.69) is 0 Å². The fourth-order valence-corrected chi connectivity index (χ4v) is 4.32. The number of unbranched alkanes of at least 4 members (excludes halogenated alkanes) is 1. The molecule has 1 saturated carbocycles. The summed E-state index contributed by atoms with van der Waals surface area (Å²) in [6.45, 7) is 2.43. The van der Waals surface area contributed by atoms with Gasteiger partial charge in [-0.2, -0.15) is 0 Å². The van der Waals surface area contributed by atoms with Gasteiger partial charge < -0.3 is 20.1 Å². The maximum Gasteiger partial charge on any atom is 0.303 e. The van der Waals surface area contributed by atoms with E-state index in [1.165, 1.54) is 0 Å². The Bertz CT molecular complexity index is 645. The molecule has 0 aliphatic heterocycles. The van der Waals surface area contributed by atoms with Crippen molar-refractivity contribution >= 4 is 17.6 Å². The van der Waals surface area contributed by atoms with Gasteiger partial charge in [0, 0.05) is 17.7 Å². The van der Waals surface area contributed by atoms with Crippen LogP contribution in [0.3, 0.4) is 0 Å². The van der Waals surface area contributed by atoms with Crippen molar-refractivity contribution in [3.05, 3.63) is 42.0 Å². The minimum atomic E-state index is -0.775. The van der Waals surface area contributed by atoms with Crippen molar-refractivity contribution in [1.82, 2.24) is 0 Å². The molecule has 0 heterocycles. The number of carboxylic acid groups (broad SMARTS) is 1. The zero-order valence-electron chi connectivity index (χ0n) is 17.0. The molecular formula is C23H33ClO5. The van der Waals surface area contributed by atoms with E-state index in [9.17, 15) is 15.0 Å². The van der Waals surface area contributed by atoms with Crippen LogP contribution in [0.25, 0.3) is 0 Å². The van der Waals surface area contributed by atoms with Crippen LogP contribution in [0.4, 0.5) is 0 Å². The molecule has 1 aliphatic carbocycles. The lowest BCUT2D eigenvalue weighted by Gasteiger charge is -2.22. The third-order valence-corrected chi connectivity index (χ3v) is 6.08. The van der Waals surface area contributed by atoms with Gasteiger partial charge in [-0.05, 0) is 55.7 Å². The monoisotopic (exact) mass is 424 g/mol. The SMILES string of the molecule is CCCC(O)c1ccc(OC[C@@H]2[C@@H](CC=CCCCC(=O)O)[C@H](Cl)C[C@H]2O)cc1. The zero-order chi connectivity index (χ0) is 21.2. The largest absolute Gasteiger partial charge is 0.493 e. The minimum Gasteiger partial charge on any atom is -0.493 e. The third-order valence-electron chi connectivity index (χ3n) is 5.58. The Labute approximate surface area is 178 Å². The Kier molecular flexibility index (Phi) is 9.98. The number of carbonyl (C=O) groups is 1. The number of halogens is 1. The molecule has 0 radical (unpaired) electrons. The Hall–Kier alpha value is -1.56. The van der Waals surface area contributed by atoms with Crippen molar-refractivity contribution in [3.63, 3.8) is 0 Å². The van der Waals surface area contributed by atoms with Crippen LogP contribution in [0.2, 0.25) is 0 Å². The summed E-state index contributed by atoms with van der Waals surface area (Å²) >= 11 is 6.46. The van der Waals surface area contributed by atoms with Gasteiger partial charge in [0.2, 0.25) is 0 Å². The van der Waals surface area contributed by atoms with Gasteiger partial charge in [-0.3, -0.25) is 4.79 Å². The smallest absolute Gasteiger partial charge is 0.303 e. The van der Waals surface area contributed by atoms with Crippen LogP contribution in [0, 0.1) is 11.8 Å². The summed E-state index contributed by atoms with van der Waals surface area (Å²) < 4.78 is 5.92. The van der Waals surface area contributed by atoms with Crippen LogP contribution >= 0.6 is 11.6 Å². The minimum absolute atomic E-state index is 0.0495. The van der Waals surface area contributed by atoms with Crippen molar-refractivity contribution in [3.8, 4) is 5.75 Å². The number of aliphatic carboxylic acids is 1. The van der Waals surface area contributed by atoms with Gasteiger partial charge in [0.05, 0.1) is 18.8 Å². The van der Waals surface area contributed by atoms with Crippen molar-refractivity contribution in [1.29, 1.82) is 0 Å². The molecule has 1 aromatic carbocycles. The first-order valence-corrected chi connectivity index (χ1v) is 11.0. The second-order valence-electron chi connectivity index (χ2n) is 7.82. The molecule has 5 atom stereocenters. The van der Waals surface area contributed by atoms with Gasteiger partial charge in [0.15, 0.2) is 0 Å². The highest BCUT2D eigenvalue weighted by molar-refractivity contribution is 6.21. The first kappa shape index (κ1) is 23.7. The van der Waals surface area contributed by atoms with Gasteiger partial charge in [-0.15, -0.1) is 11.6 Å². The number of carboxylic acids is 1. The first-order valence-electron chi connectivity index (χ1n) is 10.5. The molecule has 0 amide bonds. The number of alkyl halides is 1. The molecule has 1 fully saturated rings. The van der Waals surface area contributed by atoms with Crippen LogP contribution in [0.15, 0.2) is 36.4 Å². The summed E-state index contributed by atoms with van der Waals surface area (Å²) in [5.41, 5.74) is 0.881. The number of hydrogen-bond donors (Lipinski definition) is 3. The Balaban J connectivity index is 1.85. The number of ether oxygens (including phenoxy) is 1. The van der Waals surface area contributed by atoms with E-state index in [-0.39, 0.29) is 23.6 Å². The molecule has 0 aromatic heterocycles. The predicted molar refractivity (Wildman–Crippen MR) is 114 cm³/mol. The molecule has 0 spiro atoms. The van der Waals surface area contributed by atoms with Gasteiger partial charge in [0.25, 0.3) is 0 Å². The highest BCUT2D eigenvalue weighted by Gasteiger charge is 2.41. The predicted octanol–water partition coefficient (Wildman–Crippen LogP) is 4.70. The van der Waals surface area contributed by atoms with Gasteiger partial charge >= 0.3 is 5.97 Å². The van der Waals surface area contributed by atoms with Crippen molar-refractivity contribution in [2.45, 2.75) is 69.5 Å². The molecule has 1 aliphatic rings. The number of allylic oxidation sites excluding steroid dienone is 2. The van der Waals surface area contributed by atoms with E-state index in [0.717, 1.165) is 31.2 Å². The third kappa shape index (κ3) is 7.65. The summed E-state index contributed by atoms with van der Waals surface area (Å²) in [6.07, 6.45) is 7.57. The van der Waals surface area contributed by atoms with Gasteiger partial charge in [-0.1, -0.05) is 37.6 Å². The highest BCUT2D eigenvalue weighted by atomic mass is 35.5. The number of benzene rings is 1. The lowest BCUT2D eigenvalue weighted by atomic mass is 9.92. The lowest BCUT2D eigenvalue weighted by Crippen LogP contribution is -2.27. The topological polar surface area (TPSA) is 87.0 Å². The van der Waals surface area contributed by atoms with Crippen LogP contribution in [0.1, 0.15) is 63.5 Å². The highest BCUT2D eigenvalue weighted by Crippen LogP contribution is 2.39.